The summed E-state index contributed by atoms with van der Waals surface area (Å²) in [4.78, 5) is 0. The maximum atomic E-state index is 8.82. The lowest BCUT2D eigenvalue weighted by Gasteiger charge is -2.04. The monoisotopic (exact) mass is 158 g/mol. The number of rotatable bonds is 1. The lowest BCUT2D eigenvalue weighted by atomic mass is 10.4. The third-order valence-electron chi connectivity index (χ3n) is 0.787. The van der Waals surface area contributed by atoms with Crippen molar-refractivity contribution in [1.29, 1.82) is 0 Å². The van der Waals surface area contributed by atoms with Crippen LogP contribution in [0.4, 0.5) is 0 Å². The van der Waals surface area contributed by atoms with E-state index in [-0.39, 0.29) is 6.61 Å². The molecule has 0 aliphatic carbocycles. The third kappa shape index (κ3) is 5.83. The van der Waals surface area contributed by atoms with Gasteiger partial charge in [0, 0.05) is 0 Å². The Morgan fingerprint density at radius 1 is 1.40 bits per heavy atom. The number of aliphatic hydroxyl groups is 2. The molecule has 0 bridgehead atoms. The molecule has 10 heavy (non-hydrogen) atoms. The van der Waals surface area contributed by atoms with Crippen LogP contribution in [0.1, 0.15) is 0 Å². The smallest absolute Gasteiger partial charge is 0.137 e. The van der Waals surface area contributed by atoms with E-state index in [9.17, 15) is 0 Å². The Balaban J connectivity index is 3.91. The first-order valence-corrected chi connectivity index (χ1v) is 6.77. The molecule has 0 saturated carbocycles. The van der Waals surface area contributed by atoms with Crippen LogP contribution in [0, 0.1) is 11.5 Å². The molecule has 0 aliphatic heterocycles. The molecule has 2 nitrogen and oxygen atoms in total. The van der Waals surface area contributed by atoms with Gasteiger partial charge >= 0.3 is 0 Å². The van der Waals surface area contributed by atoms with Crippen molar-refractivity contribution in [2.24, 2.45) is 0 Å². The van der Waals surface area contributed by atoms with E-state index in [1.807, 2.05) is 0 Å². The van der Waals surface area contributed by atoms with Gasteiger partial charge in [0.05, 0.1) is 6.61 Å². The molecule has 3 heteroatoms. The molecule has 2 N–H and O–H groups in total. The van der Waals surface area contributed by atoms with Gasteiger partial charge in [0.15, 0.2) is 0 Å². The van der Waals surface area contributed by atoms with Gasteiger partial charge in [-0.3, -0.25) is 0 Å². The summed E-state index contributed by atoms with van der Waals surface area (Å²) in [5.74, 6) is 2.59. The van der Waals surface area contributed by atoms with Crippen molar-refractivity contribution in [2.75, 3.05) is 6.61 Å². The Bertz CT molecular complexity index is 149. The maximum Gasteiger partial charge on any atom is 0.137 e. The summed E-state index contributed by atoms with van der Waals surface area (Å²) in [5, 5.41) is 17.2. The van der Waals surface area contributed by atoms with Gasteiger partial charge in [-0.05, 0) is 0 Å². The topological polar surface area (TPSA) is 40.5 Å². The van der Waals surface area contributed by atoms with Crippen molar-refractivity contribution in [1.82, 2.24) is 0 Å². The minimum Gasteiger partial charge on any atom is -0.393 e. The van der Waals surface area contributed by atoms with Crippen LogP contribution >= 0.6 is 0 Å². The number of aliphatic hydroxyl groups excluding tert-OH is 2. The van der Waals surface area contributed by atoms with Crippen LogP contribution in [0.15, 0.2) is 0 Å². The van der Waals surface area contributed by atoms with E-state index >= 15 is 0 Å². The van der Waals surface area contributed by atoms with E-state index in [2.05, 4.69) is 31.1 Å². The fourth-order valence-corrected chi connectivity index (χ4v) is 0.945. The number of hydrogen-bond donors (Lipinski definition) is 2. The lowest BCUT2D eigenvalue weighted by Crippen LogP contribution is -2.18. The van der Waals surface area contributed by atoms with Crippen molar-refractivity contribution >= 4 is 8.07 Å². The maximum absolute atomic E-state index is 8.82. The highest BCUT2D eigenvalue weighted by Crippen LogP contribution is 1.96. The van der Waals surface area contributed by atoms with Gasteiger partial charge in [0.2, 0.25) is 0 Å². The second-order valence-corrected chi connectivity index (χ2v) is 7.97. The van der Waals surface area contributed by atoms with Crippen molar-refractivity contribution < 1.29 is 10.2 Å². The van der Waals surface area contributed by atoms with Gasteiger partial charge in [0.1, 0.15) is 14.2 Å². The molecule has 0 aromatic heterocycles. The van der Waals surface area contributed by atoms with E-state index < -0.39 is 14.2 Å². The fourth-order valence-electron chi connectivity index (χ4n) is 0.345. The summed E-state index contributed by atoms with van der Waals surface area (Å²) < 4.78 is 0. The first kappa shape index (κ1) is 9.70. The van der Waals surface area contributed by atoms with Gasteiger partial charge < -0.3 is 10.2 Å². The Kier molecular flexibility index (Phi) is 3.65. The van der Waals surface area contributed by atoms with E-state index in [0.717, 1.165) is 0 Å². The molecule has 0 heterocycles. The standard InChI is InChI=1S/C7H14O2Si/c1-10(2,3)5-4-7(9)6-8/h7-9H,6H2,1-3H3/t7-/m0/s1. The Morgan fingerprint density at radius 2 is 1.90 bits per heavy atom. The largest absolute Gasteiger partial charge is 0.393 e. The van der Waals surface area contributed by atoms with E-state index in [1.165, 1.54) is 0 Å². The van der Waals surface area contributed by atoms with E-state index in [4.69, 9.17) is 10.2 Å². The molecular weight excluding hydrogens is 144 g/mol. The Labute approximate surface area is 62.9 Å². The van der Waals surface area contributed by atoms with Crippen molar-refractivity contribution in [3.8, 4) is 11.5 Å². The second-order valence-electron chi connectivity index (χ2n) is 3.22. The Hall–Kier alpha value is -0.303. The van der Waals surface area contributed by atoms with E-state index in [1.54, 1.807) is 0 Å². The highest BCUT2D eigenvalue weighted by molar-refractivity contribution is 6.83. The molecule has 0 unspecified atom stereocenters. The SMILES string of the molecule is C[Si](C)(C)C#C[C@H](O)CO. The molecule has 0 radical (unpaired) electrons. The van der Waals surface area contributed by atoms with Gasteiger partial charge in [-0.1, -0.05) is 25.6 Å². The first-order chi connectivity index (χ1) is 4.45. The average Bonchev–Trinajstić information content (AvgIpc) is 1.81. The molecular formula is C7H14O2Si. The highest BCUT2D eigenvalue weighted by atomic mass is 28.3. The van der Waals surface area contributed by atoms with Crippen LogP contribution in [0.25, 0.3) is 0 Å². The van der Waals surface area contributed by atoms with Gasteiger partial charge in [0.25, 0.3) is 0 Å². The Morgan fingerprint density at radius 3 is 2.20 bits per heavy atom. The van der Waals surface area contributed by atoms with Crippen LogP contribution in [0.5, 0.6) is 0 Å². The summed E-state index contributed by atoms with van der Waals surface area (Å²) in [7, 11) is -1.37. The predicted octanol–water partition coefficient (Wildman–Crippen LogP) is 0.220. The predicted molar refractivity (Wildman–Crippen MR) is 44.2 cm³/mol. The summed E-state index contributed by atoms with van der Waals surface area (Å²) in [5.41, 5.74) is 2.95. The average molecular weight is 158 g/mol. The molecule has 0 amide bonds. The van der Waals surface area contributed by atoms with Crippen molar-refractivity contribution in [2.45, 2.75) is 25.7 Å². The molecule has 0 saturated heterocycles. The first-order valence-electron chi connectivity index (χ1n) is 3.27. The molecule has 0 fully saturated rings. The summed E-state index contributed by atoms with van der Waals surface area (Å²) in [6, 6.07) is 0. The fraction of sp³-hybridized carbons (Fsp3) is 0.714. The van der Waals surface area contributed by atoms with Crippen LogP contribution in [0.3, 0.4) is 0 Å². The zero-order valence-electron chi connectivity index (χ0n) is 6.68. The molecule has 0 rings (SSSR count). The molecule has 0 aromatic carbocycles. The van der Waals surface area contributed by atoms with Crippen LogP contribution in [0.2, 0.25) is 19.6 Å². The van der Waals surface area contributed by atoms with Crippen LogP contribution in [-0.2, 0) is 0 Å². The summed E-state index contributed by atoms with van der Waals surface area (Å²) in [6.07, 6.45) is -0.855. The highest BCUT2D eigenvalue weighted by Gasteiger charge is 2.07. The van der Waals surface area contributed by atoms with Gasteiger partial charge in [-0.25, -0.2) is 0 Å². The van der Waals surface area contributed by atoms with Gasteiger partial charge in [-0.2, -0.15) is 0 Å². The molecule has 0 aromatic rings. The minimum atomic E-state index is -1.37. The van der Waals surface area contributed by atoms with Crippen LogP contribution in [-0.4, -0.2) is 31.0 Å². The molecule has 0 spiro atoms. The quantitative estimate of drug-likeness (QED) is 0.423. The molecule has 1 atom stereocenters. The summed E-state index contributed by atoms with van der Waals surface area (Å²) in [6.45, 7) is 6.00. The molecule has 58 valence electrons. The zero-order chi connectivity index (χ0) is 8.20. The normalized spacial score (nSPS) is 13.7. The van der Waals surface area contributed by atoms with E-state index in [0.29, 0.717) is 0 Å². The third-order valence-corrected chi connectivity index (χ3v) is 1.68. The molecule has 0 aliphatic rings. The minimum absolute atomic E-state index is 0.266. The van der Waals surface area contributed by atoms with Gasteiger partial charge in [-0.15, -0.1) is 5.54 Å². The van der Waals surface area contributed by atoms with Crippen molar-refractivity contribution in [3.05, 3.63) is 0 Å². The second kappa shape index (κ2) is 3.77. The summed E-state index contributed by atoms with van der Waals surface area (Å²) >= 11 is 0. The van der Waals surface area contributed by atoms with Crippen molar-refractivity contribution in [3.63, 3.8) is 0 Å². The zero-order valence-corrected chi connectivity index (χ0v) is 7.68. The lowest BCUT2D eigenvalue weighted by molar-refractivity contribution is 0.138. The van der Waals surface area contributed by atoms with Crippen LogP contribution < -0.4 is 0 Å². The number of hydrogen-bond acceptors (Lipinski definition) is 2.